The maximum Gasteiger partial charge on any atom is 0.0795 e. The smallest absolute Gasteiger partial charge is 0.0795 e. The molecule has 0 radical (unpaired) electrons. The first-order valence-corrected chi connectivity index (χ1v) is 8.50. The molecule has 1 aliphatic rings. The molecular formula is C17H19N3S. The van der Waals surface area contributed by atoms with Crippen molar-refractivity contribution in [3.63, 3.8) is 0 Å². The Morgan fingerprint density at radius 1 is 1.24 bits per heavy atom. The Morgan fingerprint density at radius 2 is 2.10 bits per heavy atom. The van der Waals surface area contributed by atoms with Crippen molar-refractivity contribution in [1.29, 1.82) is 0 Å². The molecule has 0 bridgehead atoms. The molecule has 1 saturated heterocycles. The largest absolute Gasteiger partial charge is 0.361 e. The van der Waals surface area contributed by atoms with Crippen molar-refractivity contribution in [2.24, 2.45) is 0 Å². The molecule has 108 valence electrons. The van der Waals surface area contributed by atoms with Gasteiger partial charge in [-0.3, -0.25) is 4.90 Å². The zero-order valence-electron chi connectivity index (χ0n) is 12.0. The Morgan fingerprint density at radius 3 is 2.90 bits per heavy atom. The first-order valence-electron chi connectivity index (χ1n) is 7.55. The number of thiazole rings is 1. The van der Waals surface area contributed by atoms with E-state index in [1.54, 1.807) is 11.3 Å². The van der Waals surface area contributed by atoms with Gasteiger partial charge in [0.15, 0.2) is 0 Å². The van der Waals surface area contributed by atoms with Crippen molar-refractivity contribution in [3.8, 4) is 0 Å². The summed E-state index contributed by atoms with van der Waals surface area (Å²) in [6.07, 6.45) is 4.70. The summed E-state index contributed by atoms with van der Waals surface area (Å²) in [6.45, 7) is 3.34. The second-order valence-electron chi connectivity index (χ2n) is 5.82. The summed E-state index contributed by atoms with van der Waals surface area (Å²) < 4.78 is 0. The highest BCUT2D eigenvalue weighted by molar-refractivity contribution is 7.07. The molecule has 0 spiro atoms. The van der Waals surface area contributed by atoms with Gasteiger partial charge < -0.3 is 4.98 Å². The van der Waals surface area contributed by atoms with Gasteiger partial charge in [-0.05, 0) is 43.5 Å². The number of aromatic amines is 1. The lowest BCUT2D eigenvalue weighted by Gasteiger charge is -2.31. The number of para-hydroxylation sites is 1. The van der Waals surface area contributed by atoms with Crippen molar-refractivity contribution in [2.75, 3.05) is 13.1 Å². The number of fused-ring (bicyclic) bond motifs is 1. The van der Waals surface area contributed by atoms with Crippen LogP contribution in [0.4, 0.5) is 0 Å². The van der Waals surface area contributed by atoms with Crippen molar-refractivity contribution >= 4 is 22.2 Å². The number of hydrogen-bond donors (Lipinski definition) is 1. The van der Waals surface area contributed by atoms with Crippen LogP contribution in [0, 0.1) is 0 Å². The lowest BCUT2D eigenvalue weighted by Crippen LogP contribution is -2.32. The standard InChI is InChI=1S/C17H19N3S/c1-2-4-17-15(3-1)16(9-18-17)13-5-7-20(8-6-13)10-14-11-21-12-19-14/h1-4,9,11-13,18H,5-8,10H2. The second kappa shape index (κ2) is 5.62. The highest BCUT2D eigenvalue weighted by Crippen LogP contribution is 2.33. The molecule has 0 amide bonds. The minimum absolute atomic E-state index is 0.688. The van der Waals surface area contributed by atoms with E-state index in [1.807, 2.05) is 5.51 Å². The van der Waals surface area contributed by atoms with Crippen LogP contribution in [-0.4, -0.2) is 28.0 Å². The summed E-state index contributed by atoms with van der Waals surface area (Å²) in [4.78, 5) is 10.3. The van der Waals surface area contributed by atoms with Crippen molar-refractivity contribution < 1.29 is 0 Å². The third-order valence-electron chi connectivity index (χ3n) is 4.52. The summed E-state index contributed by atoms with van der Waals surface area (Å²) >= 11 is 1.69. The monoisotopic (exact) mass is 297 g/mol. The van der Waals surface area contributed by atoms with E-state index in [9.17, 15) is 0 Å². The fourth-order valence-corrected chi connectivity index (χ4v) is 3.93. The van der Waals surface area contributed by atoms with E-state index < -0.39 is 0 Å². The highest BCUT2D eigenvalue weighted by Gasteiger charge is 2.22. The first-order chi connectivity index (χ1) is 10.4. The molecule has 3 heterocycles. The average Bonchev–Trinajstić information content (AvgIpc) is 3.17. The normalized spacial score (nSPS) is 17.5. The number of aromatic nitrogens is 2. The van der Waals surface area contributed by atoms with E-state index >= 15 is 0 Å². The molecule has 0 atom stereocenters. The SMILES string of the molecule is c1ccc2c(C3CCN(Cc4cscn4)CC3)c[nH]c2c1. The number of likely N-dealkylation sites (tertiary alicyclic amines) is 1. The first kappa shape index (κ1) is 13.0. The van der Waals surface area contributed by atoms with Crippen molar-refractivity contribution in [2.45, 2.75) is 25.3 Å². The quantitative estimate of drug-likeness (QED) is 0.792. The lowest BCUT2D eigenvalue weighted by molar-refractivity contribution is 0.203. The Balaban J connectivity index is 1.45. The molecule has 0 aliphatic carbocycles. The molecule has 1 aliphatic heterocycles. The summed E-state index contributed by atoms with van der Waals surface area (Å²) in [5.74, 6) is 0.688. The van der Waals surface area contributed by atoms with Crippen LogP contribution in [0.2, 0.25) is 0 Å². The molecule has 21 heavy (non-hydrogen) atoms. The minimum atomic E-state index is 0.688. The predicted molar refractivity (Wildman–Crippen MR) is 87.7 cm³/mol. The molecule has 3 aromatic rings. The summed E-state index contributed by atoms with van der Waals surface area (Å²) in [6, 6.07) is 8.63. The van der Waals surface area contributed by atoms with Gasteiger partial charge in [0.25, 0.3) is 0 Å². The minimum Gasteiger partial charge on any atom is -0.361 e. The van der Waals surface area contributed by atoms with Gasteiger partial charge in [0.05, 0.1) is 11.2 Å². The molecule has 0 saturated carbocycles. The fraction of sp³-hybridized carbons (Fsp3) is 0.353. The molecular weight excluding hydrogens is 278 g/mol. The number of H-pyrrole nitrogens is 1. The van der Waals surface area contributed by atoms with Crippen molar-refractivity contribution in [1.82, 2.24) is 14.9 Å². The maximum atomic E-state index is 4.39. The third kappa shape index (κ3) is 2.61. The molecule has 3 nitrogen and oxygen atoms in total. The van der Waals surface area contributed by atoms with E-state index in [2.05, 4.69) is 50.7 Å². The van der Waals surface area contributed by atoms with Gasteiger partial charge in [-0.25, -0.2) is 4.98 Å². The van der Waals surface area contributed by atoms with E-state index in [0.717, 1.165) is 6.54 Å². The Labute approximate surface area is 128 Å². The predicted octanol–water partition coefficient (Wildman–Crippen LogP) is 4.00. The highest BCUT2D eigenvalue weighted by atomic mass is 32.1. The molecule has 4 heteroatoms. The number of piperidine rings is 1. The van der Waals surface area contributed by atoms with E-state index in [4.69, 9.17) is 0 Å². The van der Waals surface area contributed by atoms with Gasteiger partial charge >= 0.3 is 0 Å². The summed E-state index contributed by atoms with van der Waals surface area (Å²) in [5, 5.41) is 3.56. The Hall–Kier alpha value is -1.65. The van der Waals surface area contributed by atoms with Crippen molar-refractivity contribution in [3.05, 3.63) is 52.6 Å². The van der Waals surface area contributed by atoms with Gasteiger partial charge in [0.1, 0.15) is 0 Å². The van der Waals surface area contributed by atoms with Crippen LogP contribution in [0.1, 0.15) is 30.0 Å². The van der Waals surface area contributed by atoms with Crippen LogP contribution >= 0.6 is 11.3 Å². The number of rotatable bonds is 3. The number of nitrogens with zero attached hydrogens (tertiary/aromatic N) is 2. The number of hydrogen-bond acceptors (Lipinski definition) is 3. The molecule has 1 N–H and O–H groups in total. The number of benzene rings is 1. The van der Waals surface area contributed by atoms with Crippen LogP contribution in [0.3, 0.4) is 0 Å². The van der Waals surface area contributed by atoms with E-state index in [1.165, 1.54) is 48.1 Å². The van der Waals surface area contributed by atoms with Gasteiger partial charge in [0.2, 0.25) is 0 Å². The molecule has 1 fully saturated rings. The van der Waals surface area contributed by atoms with Gasteiger partial charge in [-0.15, -0.1) is 11.3 Å². The molecule has 4 rings (SSSR count). The van der Waals surface area contributed by atoms with Gasteiger partial charge in [-0.2, -0.15) is 0 Å². The summed E-state index contributed by atoms with van der Waals surface area (Å²) in [7, 11) is 0. The molecule has 0 unspecified atom stereocenters. The van der Waals surface area contributed by atoms with Crippen LogP contribution in [0.25, 0.3) is 10.9 Å². The van der Waals surface area contributed by atoms with E-state index in [0.29, 0.717) is 5.92 Å². The maximum absolute atomic E-state index is 4.39. The number of nitrogens with one attached hydrogen (secondary N) is 1. The van der Waals surface area contributed by atoms with Gasteiger partial charge in [-0.1, -0.05) is 18.2 Å². The third-order valence-corrected chi connectivity index (χ3v) is 5.15. The zero-order chi connectivity index (χ0) is 14.1. The second-order valence-corrected chi connectivity index (χ2v) is 6.54. The van der Waals surface area contributed by atoms with Gasteiger partial charge in [0, 0.05) is 29.0 Å². The fourth-order valence-electron chi connectivity index (χ4n) is 3.38. The zero-order valence-corrected chi connectivity index (χ0v) is 12.8. The van der Waals surface area contributed by atoms with Crippen LogP contribution < -0.4 is 0 Å². The average molecular weight is 297 g/mol. The summed E-state index contributed by atoms with van der Waals surface area (Å²) in [5.41, 5.74) is 5.90. The molecule has 1 aromatic carbocycles. The molecule has 2 aromatic heterocycles. The topological polar surface area (TPSA) is 31.9 Å². The van der Waals surface area contributed by atoms with E-state index in [-0.39, 0.29) is 0 Å². The van der Waals surface area contributed by atoms with Crippen LogP contribution in [0.15, 0.2) is 41.4 Å². The Bertz CT molecular complexity index is 709. The van der Waals surface area contributed by atoms with Crippen LogP contribution in [0.5, 0.6) is 0 Å². The lowest BCUT2D eigenvalue weighted by atomic mass is 9.89. The Kier molecular flexibility index (Phi) is 3.49. The van der Waals surface area contributed by atoms with Crippen LogP contribution in [-0.2, 0) is 6.54 Å².